The van der Waals surface area contributed by atoms with Gasteiger partial charge >= 0.3 is 5.97 Å². The Morgan fingerprint density at radius 1 is 1.29 bits per heavy atom. The Bertz CT molecular complexity index is 1340. The number of carbonyl (C=O) groups is 1. The summed E-state index contributed by atoms with van der Waals surface area (Å²) in [6.45, 7) is 3.91. The van der Waals surface area contributed by atoms with Gasteiger partial charge in [-0.2, -0.15) is 0 Å². The molecule has 4 rings (SSSR count). The van der Waals surface area contributed by atoms with Crippen molar-refractivity contribution in [3.8, 4) is 16.3 Å². The van der Waals surface area contributed by atoms with Gasteiger partial charge in [-0.25, -0.2) is 9.78 Å². The number of esters is 1. The van der Waals surface area contributed by atoms with Gasteiger partial charge in [0.15, 0.2) is 0 Å². The van der Waals surface area contributed by atoms with Gasteiger partial charge in [0.25, 0.3) is 0 Å². The van der Waals surface area contributed by atoms with E-state index >= 15 is 0 Å². The van der Waals surface area contributed by atoms with Crippen molar-refractivity contribution in [2.75, 3.05) is 20.7 Å². The van der Waals surface area contributed by atoms with Crippen LogP contribution in [0, 0.1) is 6.92 Å². The third-order valence-corrected chi connectivity index (χ3v) is 5.98. The molecular weight excluding hydrogens is 416 g/mol. The predicted octanol–water partition coefficient (Wildman–Crippen LogP) is 4.32. The van der Waals surface area contributed by atoms with Gasteiger partial charge in [0, 0.05) is 17.7 Å². The highest BCUT2D eigenvalue weighted by Gasteiger charge is 2.27. The first-order valence-electron chi connectivity index (χ1n) is 9.81. The minimum Gasteiger partial charge on any atom is -0.507 e. The second kappa shape index (κ2) is 8.13. The van der Waals surface area contributed by atoms with Crippen molar-refractivity contribution in [2.24, 2.45) is 0 Å². The van der Waals surface area contributed by atoms with Crippen molar-refractivity contribution in [3.05, 3.63) is 57.4 Å². The van der Waals surface area contributed by atoms with Gasteiger partial charge in [-0.15, -0.1) is 11.3 Å². The fourth-order valence-corrected chi connectivity index (χ4v) is 4.53. The van der Waals surface area contributed by atoms with Crippen LogP contribution < -0.4 is 5.43 Å². The number of aromatic hydroxyl groups is 1. The summed E-state index contributed by atoms with van der Waals surface area (Å²) in [5.41, 5.74) is 1.58. The molecule has 0 radical (unpaired) electrons. The number of para-hydroxylation sites is 1. The molecule has 0 aliphatic heterocycles. The maximum Gasteiger partial charge on any atom is 0.375 e. The summed E-state index contributed by atoms with van der Waals surface area (Å²) < 4.78 is 12.0. The fraction of sp³-hybridized carbons (Fsp3) is 0.261. The lowest BCUT2D eigenvalue weighted by atomic mass is 10.0. The fourth-order valence-electron chi connectivity index (χ4n) is 3.52. The minimum absolute atomic E-state index is 0.0342. The van der Waals surface area contributed by atoms with Crippen LogP contribution in [-0.4, -0.2) is 41.7 Å². The zero-order chi connectivity index (χ0) is 22.3. The Morgan fingerprint density at radius 3 is 2.71 bits per heavy atom. The number of aromatic nitrogens is 1. The first-order valence-corrected chi connectivity index (χ1v) is 10.6. The van der Waals surface area contributed by atoms with Gasteiger partial charge in [-0.05, 0) is 46.1 Å². The van der Waals surface area contributed by atoms with Crippen LogP contribution in [0.2, 0.25) is 0 Å². The highest BCUT2D eigenvalue weighted by Crippen LogP contribution is 2.35. The number of rotatable bonds is 5. The minimum atomic E-state index is -0.744. The molecule has 8 heteroatoms. The summed E-state index contributed by atoms with van der Waals surface area (Å²) in [6, 6.07) is 9.12. The van der Waals surface area contributed by atoms with E-state index in [2.05, 4.69) is 4.98 Å². The molecule has 0 amide bonds. The summed E-state index contributed by atoms with van der Waals surface area (Å²) in [4.78, 5) is 32.8. The molecule has 4 aromatic rings. The molecule has 0 aliphatic rings. The highest BCUT2D eigenvalue weighted by molar-refractivity contribution is 7.21. The van der Waals surface area contributed by atoms with E-state index in [0.717, 1.165) is 10.2 Å². The molecule has 31 heavy (non-hydrogen) atoms. The van der Waals surface area contributed by atoms with E-state index in [-0.39, 0.29) is 40.1 Å². The second-order valence-corrected chi connectivity index (χ2v) is 8.50. The Kier molecular flexibility index (Phi) is 5.51. The van der Waals surface area contributed by atoms with E-state index < -0.39 is 5.97 Å². The Labute approximate surface area is 182 Å². The van der Waals surface area contributed by atoms with Crippen molar-refractivity contribution in [1.29, 1.82) is 0 Å². The zero-order valence-electron chi connectivity index (χ0n) is 17.7. The van der Waals surface area contributed by atoms with Crippen molar-refractivity contribution < 1.29 is 19.1 Å². The smallest absolute Gasteiger partial charge is 0.375 e. The van der Waals surface area contributed by atoms with Crippen molar-refractivity contribution in [2.45, 2.75) is 20.4 Å². The average Bonchev–Trinajstić information content (AvgIpc) is 3.15. The molecule has 7 nitrogen and oxygen atoms in total. The molecule has 0 unspecified atom stereocenters. The van der Waals surface area contributed by atoms with Crippen LogP contribution in [-0.2, 0) is 11.3 Å². The van der Waals surface area contributed by atoms with Crippen LogP contribution in [0.4, 0.5) is 0 Å². The number of phenols is 1. The second-order valence-electron chi connectivity index (χ2n) is 7.47. The normalized spacial score (nSPS) is 11.5. The largest absolute Gasteiger partial charge is 0.507 e. The van der Waals surface area contributed by atoms with E-state index in [1.54, 1.807) is 19.9 Å². The average molecular weight is 439 g/mol. The molecule has 1 N–H and O–H groups in total. The monoisotopic (exact) mass is 438 g/mol. The Hall–Kier alpha value is -3.23. The van der Waals surface area contributed by atoms with Gasteiger partial charge in [-0.3, -0.25) is 4.79 Å². The van der Waals surface area contributed by atoms with Crippen LogP contribution in [0.3, 0.4) is 0 Å². The molecule has 0 spiro atoms. The third-order valence-electron chi connectivity index (χ3n) is 4.92. The molecule has 160 valence electrons. The summed E-state index contributed by atoms with van der Waals surface area (Å²) in [5, 5.41) is 11.3. The number of hydrogen-bond acceptors (Lipinski definition) is 8. The van der Waals surface area contributed by atoms with E-state index in [1.807, 2.05) is 43.3 Å². The van der Waals surface area contributed by atoms with E-state index in [9.17, 15) is 14.7 Å². The molecule has 0 fully saturated rings. The SMILES string of the molecule is CCOC(=O)c1oc2c(C)c(O)c(CN(C)C)cc2c(=O)c1-c1nc2ccccc2s1. The van der Waals surface area contributed by atoms with Crippen LogP contribution in [0.1, 0.15) is 28.6 Å². The highest BCUT2D eigenvalue weighted by atomic mass is 32.1. The number of benzene rings is 2. The molecule has 0 aliphatic carbocycles. The van der Waals surface area contributed by atoms with E-state index in [4.69, 9.17) is 9.15 Å². The van der Waals surface area contributed by atoms with E-state index in [1.165, 1.54) is 11.3 Å². The first kappa shape index (κ1) is 21.0. The van der Waals surface area contributed by atoms with Crippen LogP contribution in [0.15, 0.2) is 39.5 Å². The number of hydrogen-bond donors (Lipinski definition) is 1. The lowest BCUT2D eigenvalue weighted by Gasteiger charge is -2.15. The molecule has 2 aromatic heterocycles. The number of thiazole rings is 1. The number of ether oxygens (including phenoxy) is 1. The Balaban J connectivity index is 2.07. The van der Waals surface area contributed by atoms with Gasteiger partial charge in [0.2, 0.25) is 11.2 Å². The first-order chi connectivity index (χ1) is 14.8. The number of aryl methyl sites for hydroxylation is 1. The third kappa shape index (κ3) is 3.68. The number of phenolic OH excluding ortho intramolecular Hbond substituents is 1. The zero-order valence-corrected chi connectivity index (χ0v) is 18.5. The van der Waals surface area contributed by atoms with Crippen molar-refractivity contribution in [1.82, 2.24) is 9.88 Å². The van der Waals surface area contributed by atoms with Crippen LogP contribution in [0.25, 0.3) is 31.8 Å². The van der Waals surface area contributed by atoms with E-state index in [0.29, 0.717) is 22.7 Å². The molecule has 0 saturated heterocycles. The van der Waals surface area contributed by atoms with Crippen molar-refractivity contribution in [3.63, 3.8) is 0 Å². The van der Waals surface area contributed by atoms with Gasteiger partial charge in [0.1, 0.15) is 21.9 Å². The maximum atomic E-state index is 13.6. The standard InChI is InChI=1S/C23H22N2O5S/c1-5-29-23(28)21-17(22-24-15-8-6-7-9-16(15)31-22)19(27)14-10-13(11-25(3)4)18(26)12(2)20(14)30-21/h6-10,26H,5,11H2,1-4H3. The molecule has 2 aromatic carbocycles. The molecule has 2 heterocycles. The lowest BCUT2D eigenvalue weighted by molar-refractivity contribution is 0.0492. The summed E-state index contributed by atoms with van der Waals surface area (Å²) in [6.07, 6.45) is 0. The topological polar surface area (TPSA) is 92.9 Å². The molecule has 0 saturated carbocycles. The molecular formula is C23H22N2O5S. The summed E-state index contributed by atoms with van der Waals surface area (Å²) >= 11 is 1.31. The number of fused-ring (bicyclic) bond motifs is 2. The predicted molar refractivity (Wildman–Crippen MR) is 121 cm³/mol. The molecule has 0 atom stereocenters. The quantitative estimate of drug-likeness (QED) is 0.464. The van der Waals surface area contributed by atoms with Gasteiger partial charge < -0.3 is 19.2 Å². The van der Waals surface area contributed by atoms with Crippen LogP contribution >= 0.6 is 11.3 Å². The van der Waals surface area contributed by atoms with Crippen LogP contribution in [0.5, 0.6) is 5.75 Å². The van der Waals surface area contributed by atoms with Gasteiger partial charge in [0.05, 0.1) is 22.2 Å². The summed E-state index contributed by atoms with van der Waals surface area (Å²) in [7, 11) is 3.75. The number of nitrogens with zero attached hydrogens (tertiary/aromatic N) is 2. The Morgan fingerprint density at radius 2 is 2.03 bits per heavy atom. The maximum absolute atomic E-state index is 13.6. The molecule has 0 bridgehead atoms. The van der Waals surface area contributed by atoms with Crippen molar-refractivity contribution >= 4 is 38.5 Å². The summed E-state index contributed by atoms with van der Waals surface area (Å²) in [5.74, 6) is -0.917. The lowest BCUT2D eigenvalue weighted by Crippen LogP contribution is -2.16. The number of carbonyl (C=O) groups excluding carboxylic acids is 1. The van der Waals surface area contributed by atoms with Gasteiger partial charge in [-0.1, -0.05) is 12.1 Å².